The van der Waals surface area contributed by atoms with Crippen LogP contribution in [0.3, 0.4) is 0 Å². The van der Waals surface area contributed by atoms with E-state index in [4.69, 9.17) is 0 Å². The van der Waals surface area contributed by atoms with Crippen LogP contribution in [-0.4, -0.2) is 0 Å². The molecule has 0 fully saturated rings. The number of halogens is 1. The van der Waals surface area contributed by atoms with E-state index in [2.05, 4.69) is 50.4 Å². The van der Waals surface area contributed by atoms with E-state index >= 15 is 0 Å². The second kappa shape index (κ2) is 6.67. The molecule has 0 saturated heterocycles. The highest BCUT2D eigenvalue weighted by Crippen LogP contribution is 2.22. The van der Waals surface area contributed by atoms with Crippen molar-refractivity contribution in [1.29, 1.82) is 0 Å². The van der Waals surface area contributed by atoms with E-state index in [1.54, 1.807) is 0 Å². The van der Waals surface area contributed by atoms with Gasteiger partial charge in [0, 0.05) is 12.6 Å². The summed E-state index contributed by atoms with van der Waals surface area (Å²) in [6, 6.07) is 15.4. The zero-order chi connectivity index (χ0) is 14.5. The molecule has 1 N–H and O–H groups in total. The maximum atomic E-state index is 13.0. The van der Waals surface area contributed by atoms with Gasteiger partial charge in [-0.3, -0.25) is 0 Å². The Morgan fingerprint density at radius 1 is 1.00 bits per heavy atom. The molecule has 2 heteroatoms. The summed E-state index contributed by atoms with van der Waals surface area (Å²) in [4.78, 5) is 0. The van der Waals surface area contributed by atoms with Crippen molar-refractivity contribution in [2.75, 3.05) is 0 Å². The van der Waals surface area contributed by atoms with Gasteiger partial charge in [-0.2, -0.15) is 0 Å². The molecule has 0 spiro atoms. The summed E-state index contributed by atoms with van der Waals surface area (Å²) < 4.78 is 13.0. The average Bonchev–Trinajstić information content (AvgIpc) is 2.42. The molecule has 1 unspecified atom stereocenters. The van der Waals surface area contributed by atoms with Gasteiger partial charge in [0.1, 0.15) is 5.82 Å². The van der Waals surface area contributed by atoms with E-state index in [1.165, 1.54) is 23.3 Å². The highest BCUT2D eigenvalue weighted by Gasteiger charge is 2.15. The Kier molecular flexibility index (Phi) is 4.91. The third kappa shape index (κ3) is 3.67. The highest BCUT2D eigenvalue weighted by molar-refractivity contribution is 5.26. The second-order valence-corrected chi connectivity index (χ2v) is 5.58. The lowest BCUT2D eigenvalue weighted by molar-refractivity contribution is 0.410. The van der Waals surface area contributed by atoms with Crippen LogP contribution in [0.5, 0.6) is 0 Å². The fourth-order valence-electron chi connectivity index (χ4n) is 2.44. The SMILES string of the molecule is Cc1ccccc1CNC(c1ccc(F)cc1)C(C)C. The first kappa shape index (κ1) is 14.7. The van der Waals surface area contributed by atoms with Crippen LogP contribution in [0, 0.1) is 18.7 Å². The van der Waals surface area contributed by atoms with E-state index in [0.29, 0.717) is 5.92 Å². The van der Waals surface area contributed by atoms with Crippen LogP contribution < -0.4 is 5.32 Å². The van der Waals surface area contributed by atoms with Crippen molar-refractivity contribution in [3.8, 4) is 0 Å². The first-order valence-corrected chi connectivity index (χ1v) is 7.11. The van der Waals surface area contributed by atoms with Crippen LogP contribution >= 0.6 is 0 Å². The monoisotopic (exact) mass is 271 g/mol. The van der Waals surface area contributed by atoms with Gasteiger partial charge < -0.3 is 5.32 Å². The number of nitrogens with one attached hydrogen (secondary N) is 1. The van der Waals surface area contributed by atoms with Crippen molar-refractivity contribution in [3.63, 3.8) is 0 Å². The summed E-state index contributed by atoms with van der Waals surface area (Å²) >= 11 is 0. The molecule has 2 rings (SSSR count). The summed E-state index contributed by atoms with van der Waals surface area (Å²) in [6.07, 6.45) is 0. The van der Waals surface area contributed by atoms with Crippen molar-refractivity contribution < 1.29 is 4.39 Å². The van der Waals surface area contributed by atoms with Gasteiger partial charge in [-0.25, -0.2) is 4.39 Å². The van der Waals surface area contributed by atoms with Crippen LogP contribution in [0.15, 0.2) is 48.5 Å². The average molecular weight is 271 g/mol. The molecule has 0 aliphatic rings. The molecule has 20 heavy (non-hydrogen) atoms. The molecule has 0 radical (unpaired) electrons. The molecule has 0 aliphatic carbocycles. The molecule has 0 heterocycles. The third-order valence-electron chi connectivity index (χ3n) is 3.67. The Morgan fingerprint density at radius 2 is 1.65 bits per heavy atom. The number of benzene rings is 2. The van der Waals surface area contributed by atoms with Crippen LogP contribution in [0.25, 0.3) is 0 Å². The Balaban J connectivity index is 2.11. The smallest absolute Gasteiger partial charge is 0.123 e. The molecular formula is C18H22FN. The Bertz CT molecular complexity index is 546. The Hall–Kier alpha value is -1.67. The largest absolute Gasteiger partial charge is 0.306 e. The molecule has 0 amide bonds. The summed E-state index contributed by atoms with van der Waals surface area (Å²) in [5.41, 5.74) is 3.73. The van der Waals surface area contributed by atoms with Gasteiger partial charge in [-0.15, -0.1) is 0 Å². The molecule has 106 valence electrons. The standard InChI is InChI=1S/C18H22FN/c1-13(2)18(15-8-10-17(19)11-9-15)20-12-16-7-5-4-6-14(16)3/h4-11,13,18,20H,12H2,1-3H3. The first-order chi connectivity index (χ1) is 9.58. The molecular weight excluding hydrogens is 249 g/mol. The maximum Gasteiger partial charge on any atom is 0.123 e. The fraction of sp³-hybridized carbons (Fsp3) is 0.333. The van der Waals surface area contributed by atoms with Gasteiger partial charge in [-0.1, -0.05) is 50.2 Å². The molecule has 1 nitrogen and oxygen atoms in total. The first-order valence-electron chi connectivity index (χ1n) is 7.11. The summed E-state index contributed by atoms with van der Waals surface area (Å²) in [6.45, 7) is 7.31. The minimum Gasteiger partial charge on any atom is -0.306 e. The summed E-state index contributed by atoms with van der Waals surface area (Å²) in [5, 5.41) is 3.59. The van der Waals surface area contributed by atoms with Crippen molar-refractivity contribution in [2.45, 2.75) is 33.4 Å². The van der Waals surface area contributed by atoms with Crippen LogP contribution in [0.1, 0.15) is 36.6 Å². The highest BCUT2D eigenvalue weighted by atomic mass is 19.1. The van der Waals surface area contributed by atoms with Gasteiger partial charge in [0.05, 0.1) is 0 Å². The molecule has 2 aromatic rings. The van der Waals surface area contributed by atoms with Gasteiger partial charge >= 0.3 is 0 Å². The van der Waals surface area contributed by atoms with E-state index < -0.39 is 0 Å². The maximum absolute atomic E-state index is 13.0. The van der Waals surface area contributed by atoms with Crippen LogP contribution in [0.4, 0.5) is 4.39 Å². The number of hydrogen-bond acceptors (Lipinski definition) is 1. The van der Waals surface area contributed by atoms with E-state index in [-0.39, 0.29) is 11.9 Å². The molecule has 1 atom stereocenters. The van der Waals surface area contributed by atoms with Gasteiger partial charge in [0.2, 0.25) is 0 Å². The van der Waals surface area contributed by atoms with Crippen molar-refractivity contribution in [1.82, 2.24) is 5.32 Å². The predicted molar refractivity (Wildman–Crippen MR) is 82.0 cm³/mol. The fourth-order valence-corrected chi connectivity index (χ4v) is 2.44. The van der Waals surface area contributed by atoms with Crippen molar-refractivity contribution in [2.24, 2.45) is 5.92 Å². The Labute approximate surface area is 120 Å². The second-order valence-electron chi connectivity index (χ2n) is 5.58. The quantitative estimate of drug-likeness (QED) is 0.836. The van der Waals surface area contributed by atoms with E-state index in [0.717, 1.165) is 12.1 Å². The lowest BCUT2D eigenvalue weighted by Gasteiger charge is -2.23. The third-order valence-corrected chi connectivity index (χ3v) is 3.67. The molecule has 2 aromatic carbocycles. The summed E-state index contributed by atoms with van der Waals surface area (Å²) in [5.74, 6) is 0.264. The van der Waals surface area contributed by atoms with Gasteiger partial charge in [-0.05, 0) is 41.7 Å². The van der Waals surface area contributed by atoms with E-state index in [1.807, 2.05) is 12.1 Å². The number of aryl methyl sites for hydroxylation is 1. The minimum atomic E-state index is -0.185. The lowest BCUT2D eigenvalue weighted by atomic mass is 9.95. The molecule has 0 bridgehead atoms. The number of hydrogen-bond donors (Lipinski definition) is 1. The molecule has 0 saturated carbocycles. The number of rotatable bonds is 5. The predicted octanol–water partition coefficient (Wildman–Crippen LogP) is 4.62. The molecule has 0 aromatic heterocycles. The zero-order valence-corrected chi connectivity index (χ0v) is 12.4. The van der Waals surface area contributed by atoms with Crippen LogP contribution in [-0.2, 0) is 6.54 Å². The van der Waals surface area contributed by atoms with E-state index in [9.17, 15) is 4.39 Å². The van der Waals surface area contributed by atoms with Crippen LogP contribution in [0.2, 0.25) is 0 Å². The van der Waals surface area contributed by atoms with Gasteiger partial charge in [0.15, 0.2) is 0 Å². The van der Waals surface area contributed by atoms with Gasteiger partial charge in [0.25, 0.3) is 0 Å². The lowest BCUT2D eigenvalue weighted by Crippen LogP contribution is -2.25. The zero-order valence-electron chi connectivity index (χ0n) is 12.4. The minimum absolute atomic E-state index is 0.185. The summed E-state index contributed by atoms with van der Waals surface area (Å²) in [7, 11) is 0. The van der Waals surface area contributed by atoms with Crippen molar-refractivity contribution in [3.05, 3.63) is 71.0 Å². The normalized spacial score (nSPS) is 12.7. The topological polar surface area (TPSA) is 12.0 Å². The Morgan fingerprint density at radius 3 is 2.25 bits per heavy atom. The molecule has 0 aliphatic heterocycles. The van der Waals surface area contributed by atoms with Crippen molar-refractivity contribution >= 4 is 0 Å².